The number of carbonyl (C=O) groups excluding carboxylic acids is 2. The van der Waals surface area contributed by atoms with Gasteiger partial charge in [-0.05, 0) is 73.2 Å². The molecule has 0 amide bonds. The van der Waals surface area contributed by atoms with Crippen LogP contribution in [0.2, 0.25) is 0 Å². The van der Waals surface area contributed by atoms with E-state index in [4.69, 9.17) is 0 Å². The number of fused-ring (bicyclic) bond motifs is 5. The van der Waals surface area contributed by atoms with Crippen LogP contribution >= 0.6 is 0 Å². The molecule has 0 aromatic carbocycles. The Kier molecular flexibility index (Phi) is 4.01. The van der Waals surface area contributed by atoms with Crippen molar-refractivity contribution in [1.82, 2.24) is 0 Å². The topological polar surface area (TPSA) is 74.6 Å². The fraction of sp³-hybridized carbons (Fsp3) is 0.810. The monoisotopic (exact) mass is 346 g/mol. The van der Waals surface area contributed by atoms with Crippen LogP contribution in [0.25, 0.3) is 0 Å². The minimum Gasteiger partial charge on any atom is -0.393 e. The molecule has 0 spiro atoms. The van der Waals surface area contributed by atoms with E-state index < -0.39 is 6.10 Å². The van der Waals surface area contributed by atoms with Crippen molar-refractivity contribution < 1.29 is 19.8 Å². The summed E-state index contributed by atoms with van der Waals surface area (Å²) in [7, 11) is 0. The second kappa shape index (κ2) is 5.75. The van der Waals surface area contributed by atoms with Crippen LogP contribution in [-0.2, 0) is 9.59 Å². The van der Waals surface area contributed by atoms with Crippen molar-refractivity contribution in [2.45, 2.75) is 64.9 Å². The first-order chi connectivity index (χ1) is 11.8. The average molecular weight is 346 g/mol. The molecule has 0 saturated heterocycles. The molecule has 3 saturated carbocycles. The van der Waals surface area contributed by atoms with Gasteiger partial charge in [-0.3, -0.25) is 9.59 Å². The molecule has 0 aromatic heterocycles. The lowest BCUT2D eigenvalue weighted by atomic mass is 9.43. The predicted molar refractivity (Wildman–Crippen MR) is 93.7 cm³/mol. The largest absolute Gasteiger partial charge is 0.393 e. The number of carbonyl (C=O) groups is 2. The second-order valence-corrected chi connectivity index (χ2v) is 9.42. The number of hydrogen-bond acceptors (Lipinski definition) is 4. The van der Waals surface area contributed by atoms with Crippen molar-refractivity contribution in [3.8, 4) is 0 Å². The Labute approximate surface area is 149 Å². The number of hydrogen-bond donors (Lipinski definition) is 2. The first-order valence-electron chi connectivity index (χ1n) is 9.87. The third-order valence-electron chi connectivity index (χ3n) is 8.43. The van der Waals surface area contributed by atoms with Crippen molar-refractivity contribution in [1.29, 1.82) is 0 Å². The first kappa shape index (κ1) is 17.4. The summed E-state index contributed by atoms with van der Waals surface area (Å²) >= 11 is 0. The van der Waals surface area contributed by atoms with Crippen molar-refractivity contribution in [2.24, 2.45) is 34.5 Å². The number of Topliss-reactive ketones (excluding diaryl/α,β-unsaturated/α-hetero) is 1. The summed E-state index contributed by atoms with van der Waals surface area (Å²) in [6, 6.07) is 0. The third kappa shape index (κ3) is 2.33. The Bertz CT molecular complexity index is 638. The van der Waals surface area contributed by atoms with Crippen molar-refractivity contribution in [2.75, 3.05) is 6.61 Å². The Morgan fingerprint density at radius 2 is 2.00 bits per heavy atom. The van der Waals surface area contributed by atoms with E-state index in [1.807, 2.05) is 6.08 Å². The van der Waals surface area contributed by atoms with E-state index >= 15 is 0 Å². The molecule has 0 radical (unpaired) electrons. The van der Waals surface area contributed by atoms with Gasteiger partial charge in [-0.25, -0.2) is 0 Å². The van der Waals surface area contributed by atoms with Gasteiger partial charge in [-0.15, -0.1) is 0 Å². The van der Waals surface area contributed by atoms with E-state index in [1.54, 1.807) is 0 Å². The van der Waals surface area contributed by atoms with E-state index in [9.17, 15) is 19.8 Å². The zero-order valence-electron chi connectivity index (χ0n) is 15.3. The minimum atomic E-state index is -0.430. The molecular weight excluding hydrogens is 316 g/mol. The molecule has 2 N–H and O–H groups in total. The first-order valence-corrected chi connectivity index (χ1v) is 9.87. The van der Waals surface area contributed by atoms with Crippen LogP contribution in [0.3, 0.4) is 0 Å². The van der Waals surface area contributed by atoms with Crippen molar-refractivity contribution in [3.63, 3.8) is 0 Å². The summed E-state index contributed by atoms with van der Waals surface area (Å²) in [5.74, 6) is 0.909. The standard InChI is InChI=1S/C21H30O4/c1-20-8-6-13(23)9-12(20)5-7-21(2)16-4-3-14(18(25)11-22)15(16)10-17(24)19(20)21/h9,14-17,19,22,24H,3-8,10-11H2,1-2H3. The van der Waals surface area contributed by atoms with Crippen LogP contribution in [0.1, 0.15) is 58.8 Å². The number of aliphatic hydroxyl groups is 2. The average Bonchev–Trinajstić information content (AvgIpc) is 2.99. The van der Waals surface area contributed by atoms with E-state index in [2.05, 4.69) is 13.8 Å². The molecule has 0 aromatic rings. The summed E-state index contributed by atoms with van der Waals surface area (Å²) < 4.78 is 0. The van der Waals surface area contributed by atoms with Gasteiger partial charge in [0.2, 0.25) is 0 Å². The fourth-order valence-electron chi connectivity index (χ4n) is 7.40. The molecule has 4 rings (SSSR count). The molecule has 0 heterocycles. The Morgan fingerprint density at radius 1 is 1.24 bits per heavy atom. The summed E-state index contributed by atoms with van der Waals surface area (Å²) in [4.78, 5) is 24.1. The zero-order chi connectivity index (χ0) is 18.0. The maximum Gasteiger partial charge on any atom is 0.161 e. The molecule has 0 aliphatic heterocycles. The third-order valence-corrected chi connectivity index (χ3v) is 8.43. The maximum absolute atomic E-state index is 12.2. The molecule has 4 aliphatic carbocycles. The molecule has 0 bridgehead atoms. The lowest BCUT2D eigenvalue weighted by molar-refractivity contribution is -0.154. The molecule has 138 valence electrons. The second-order valence-electron chi connectivity index (χ2n) is 9.42. The highest BCUT2D eigenvalue weighted by Gasteiger charge is 2.63. The van der Waals surface area contributed by atoms with Crippen LogP contribution in [0.5, 0.6) is 0 Å². The highest BCUT2D eigenvalue weighted by Crippen LogP contribution is 2.68. The zero-order valence-corrected chi connectivity index (χ0v) is 15.3. The van der Waals surface area contributed by atoms with Crippen LogP contribution in [-0.4, -0.2) is 34.5 Å². The van der Waals surface area contributed by atoms with Crippen LogP contribution in [0.4, 0.5) is 0 Å². The highest BCUT2D eigenvalue weighted by atomic mass is 16.3. The van der Waals surface area contributed by atoms with Gasteiger partial charge in [0.15, 0.2) is 11.6 Å². The molecule has 4 heteroatoms. The van der Waals surface area contributed by atoms with Gasteiger partial charge in [0, 0.05) is 12.3 Å². The maximum atomic E-state index is 12.2. The van der Waals surface area contributed by atoms with Crippen LogP contribution < -0.4 is 0 Å². The normalized spacial score (nSPS) is 49.0. The Morgan fingerprint density at radius 3 is 2.72 bits per heavy atom. The van der Waals surface area contributed by atoms with Crippen molar-refractivity contribution in [3.05, 3.63) is 11.6 Å². The Balaban J connectivity index is 1.72. The smallest absolute Gasteiger partial charge is 0.161 e. The molecule has 4 nitrogen and oxygen atoms in total. The summed E-state index contributed by atoms with van der Waals surface area (Å²) in [6.07, 6.45) is 7.31. The van der Waals surface area contributed by atoms with Gasteiger partial charge < -0.3 is 10.2 Å². The molecule has 7 unspecified atom stereocenters. The van der Waals surface area contributed by atoms with E-state index in [-0.39, 0.29) is 46.8 Å². The van der Waals surface area contributed by atoms with Crippen LogP contribution in [0.15, 0.2) is 11.6 Å². The van der Waals surface area contributed by atoms with Gasteiger partial charge in [-0.2, -0.15) is 0 Å². The van der Waals surface area contributed by atoms with Gasteiger partial charge in [-0.1, -0.05) is 19.4 Å². The Hall–Kier alpha value is -1.00. The number of rotatable bonds is 2. The number of ketones is 2. The van der Waals surface area contributed by atoms with E-state index in [1.165, 1.54) is 5.57 Å². The molecule has 25 heavy (non-hydrogen) atoms. The van der Waals surface area contributed by atoms with Gasteiger partial charge in [0.05, 0.1) is 6.10 Å². The SMILES string of the molecule is CC12CCC(=O)C=C1CCC1(C)C3CCC(C(=O)CO)C3CC(O)C21. The number of allylic oxidation sites excluding steroid dienone is 1. The molecule has 4 aliphatic rings. The van der Waals surface area contributed by atoms with E-state index in [0.29, 0.717) is 18.8 Å². The molecular formula is C21H30O4. The van der Waals surface area contributed by atoms with Gasteiger partial charge in [0.25, 0.3) is 0 Å². The quantitative estimate of drug-likeness (QED) is 0.806. The van der Waals surface area contributed by atoms with Gasteiger partial charge >= 0.3 is 0 Å². The highest BCUT2D eigenvalue weighted by molar-refractivity contribution is 5.91. The van der Waals surface area contributed by atoms with Crippen molar-refractivity contribution >= 4 is 11.6 Å². The van der Waals surface area contributed by atoms with Crippen LogP contribution in [0, 0.1) is 34.5 Å². The van der Waals surface area contributed by atoms with E-state index in [0.717, 1.165) is 32.1 Å². The predicted octanol–water partition coefficient (Wildman–Crippen LogP) is 2.67. The number of aliphatic hydroxyl groups excluding tert-OH is 2. The fourth-order valence-corrected chi connectivity index (χ4v) is 7.40. The van der Waals surface area contributed by atoms with Gasteiger partial charge in [0.1, 0.15) is 6.61 Å². The summed E-state index contributed by atoms with van der Waals surface area (Å²) in [5.41, 5.74) is 1.16. The lowest BCUT2D eigenvalue weighted by Crippen LogP contribution is -2.59. The molecule has 7 atom stereocenters. The minimum absolute atomic E-state index is 0.0132. The summed E-state index contributed by atoms with van der Waals surface area (Å²) in [5, 5.41) is 20.5. The summed E-state index contributed by atoms with van der Waals surface area (Å²) in [6.45, 7) is 4.20. The molecule has 3 fully saturated rings. The lowest BCUT2D eigenvalue weighted by Gasteiger charge is -2.62.